The highest BCUT2D eigenvalue weighted by atomic mass is 16.5. The summed E-state index contributed by atoms with van der Waals surface area (Å²) in [6.07, 6.45) is 3.18. The van der Waals surface area contributed by atoms with Crippen molar-refractivity contribution < 1.29 is 4.74 Å². The maximum atomic E-state index is 5.05. The molecule has 0 saturated heterocycles. The minimum Gasteiger partial charge on any atom is -0.385 e. The lowest BCUT2D eigenvalue weighted by atomic mass is 10.3. The maximum Gasteiger partial charge on any atom is 0.227 e. The van der Waals surface area contributed by atoms with E-state index in [0.29, 0.717) is 0 Å². The molecule has 1 heterocycles. The van der Waals surface area contributed by atoms with Gasteiger partial charge in [-0.25, -0.2) is 4.98 Å². The van der Waals surface area contributed by atoms with Crippen LogP contribution in [-0.4, -0.2) is 43.3 Å². The van der Waals surface area contributed by atoms with Crippen molar-refractivity contribution in [3.63, 3.8) is 0 Å². The van der Waals surface area contributed by atoms with Crippen molar-refractivity contribution in [1.82, 2.24) is 9.97 Å². The molecule has 1 rings (SSSR count). The first-order valence-electron chi connectivity index (χ1n) is 7.54. The molecule has 1 aromatic rings. The lowest BCUT2D eigenvalue weighted by molar-refractivity contribution is 0.198. The first-order valence-corrected chi connectivity index (χ1v) is 7.54. The van der Waals surface area contributed by atoms with Gasteiger partial charge in [0.25, 0.3) is 0 Å². The Hall–Kier alpha value is -1.36. The van der Waals surface area contributed by atoms with Crippen molar-refractivity contribution in [2.45, 2.75) is 40.0 Å². The van der Waals surface area contributed by atoms with E-state index in [0.717, 1.165) is 63.0 Å². The third-order valence-electron chi connectivity index (χ3n) is 2.94. The van der Waals surface area contributed by atoms with Gasteiger partial charge in [-0.3, -0.25) is 0 Å². The van der Waals surface area contributed by atoms with Gasteiger partial charge < -0.3 is 15.0 Å². The molecule has 0 aliphatic rings. The van der Waals surface area contributed by atoms with Gasteiger partial charge in [-0.1, -0.05) is 13.8 Å². The van der Waals surface area contributed by atoms with Gasteiger partial charge in [0.15, 0.2) is 0 Å². The molecule has 5 nitrogen and oxygen atoms in total. The van der Waals surface area contributed by atoms with E-state index in [9.17, 15) is 0 Å². The van der Waals surface area contributed by atoms with Crippen molar-refractivity contribution >= 4 is 11.8 Å². The van der Waals surface area contributed by atoms with Crippen molar-refractivity contribution in [3.8, 4) is 0 Å². The normalized spacial score (nSPS) is 10.6. The Labute approximate surface area is 122 Å². The zero-order valence-electron chi connectivity index (χ0n) is 13.3. The molecule has 5 heteroatoms. The van der Waals surface area contributed by atoms with Gasteiger partial charge in [0, 0.05) is 45.1 Å². The topological polar surface area (TPSA) is 50.3 Å². The van der Waals surface area contributed by atoms with Crippen molar-refractivity contribution in [2.75, 3.05) is 43.6 Å². The average Bonchev–Trinajstić information content (AvgIpc) is 2.43. The minimum atomic E-state index is 0.766. The van der Waals surface area contributed by atoms with E-state index in [4.69, 9.17) is 4.74 Å². The van der Waals surface area contributed by atoms with Gasteiger partial charge in [0.05, 0.1) is 0 Å². The van der Waals surface area contributed by atoms with Crippen LogP contribution in [0.4, 0.5) is 11.8 Å². The van der Waals surface area contributed by atoms with Crippen LogP contribution in [0.1, 0.15) is 38.8 Å². The van der Waals surface area contributed by atoms with Crippen LogP contribution in [0.15, 0.2) is 6.07 Å². The third-order valence-corrected chi connectivity index (χ3v) is 2.94. The summed E-state index contributed by atoms with van der Waals surface area (Å²) in [5, 5.41) is 3.34. The fourth-order valence-electron chi connectivity index (χ4n) is 2.07. The number of anilines is 2. The number of hydrogen-bond acceptors (Lipinski definition) is 5. The maximum absolute atomic E-state index is 5.05. The summed E-state index contributed by atoms with van der Waals surface area (Å²) in [4.78, 5) is 11.5. The zero-order valence-corrected chi connectivity index (χ0v) is 13.3. The SMILES string of the molecule is CCCN(CCC)c1nc(C)cc(NCCCOC)n1. The molecule has 0 radical (unpaired) electrons. The lowest BCUT2D eigenvalue weighted by Crippen LogP contribution is -2.27. The third kappa shape index (κ3) is 5.74. The summed E-state index contributed by atoms with van der Waals surface area (Å²) in [5.74, 6) is 1.74. The lowest BCUT2D eigenvalue weighted by Gasteiger charge is -2.22. The van der Waals surface area contributed by atoms with Crippen LogP contribution < -0.4 is 10.2 Å². The number of rotatable bonds is 10. The molecule has 0 aromatic carbocycles. The van der Waals surface area contributed by atoms with Crippen LogP contribution >= 0.6 is 0 Å². The summed E-state index contributed by atoms with van der Waals surface area (Å²) >= 11 is 0. The second-order valence-electron chi connectivity index (χ2n) is 4.95. The molecule has 0 aliphatic carbocycles. The average molecular weight is 280 g/mol. The second-order valence-corrected chi connectivity index (χ2v) is 4.95. The van der Waals surface area contributed by atoms with Crippen LogP contribution in [0.25, 0.3) is 0 Å². The molecule has 0 spiro atoms. The number of aromatic nitrogens is 2. The molecule has 0 aliphatic heterocycles. The van der Waals surface area contributed by atoms with Crippen molar-refractivity contribution in [1.29, 1.82) is 0 Å². The highest BCUT2D eigenvalue weighted by molar-refractivity contribution is 5.43. The number of ether oxygens (including phenoxy) is 1. The van der Waals surface area contributed by atoms with E-state index >= 15 is 0 Å². The van der Waals surface area contributed by atoms with E-state index < -0.39 is 0 Å². The molecule has 0 unspecified atom stereocenters. The predicted octanol–water partition coefficient (Wildman–Crippen LogP) is 2.86. The second kappa shape index (κ2) is 9.53. The fraction of sp³-hybridized carbons (Fsp3) is 0.733. The molecular formula is C15H28N4O. The van der Waals surface area contributed by atoms with Crippen LogP contribution in [0.2, 0.25) is 0 Å². The van der Waals surface area contributed by atoms with Crippen LogP contribution in [-0.2, 0) is 4.74 Å². The van der Waals surface area contributed by atoms with Gasteiger partial charge in [0.2, 0.25) is 5.95 Å². The van der Waals surface area contributed by atoms with Gasteiger partial charge in [-0.15, -0.1) is 0 Å². The zero-order chi connectivity index (χ0) is 14.8. The molecule has 0 fully saturated rings. The highest BCUT2D eigenvalue weighted by Crippen LogP contribution is 2.14. The van der Waals surface area contributed by atoms with Gasteiger partial charge in [-0.05, 0) is 26.2 Å². The first kappa shape index (κ1) is 16.7. The van der Waals surface area contributed by atoms with E-state index in [1.165, 1.54) is 0 Å². The number of aryl methyl sites for hydroxylation is 1. The molecule has 0 atom stereocenters. The number of nitrogens with one attached hydrogen (secondary N) is 1. The molecule has 1 N–H and O–H groups in total. The van der Waals surface area contributed by atoms with Gasteiger partial charge >= 0.3 is 0 Å². The Bertz CT molecular complexity index is 378. The van der Waals surface area contributed by atoms with E-state index in [-0.39, 0.29) is 0 Å². The summed E-state index contributed by atoms with van der Waals surface area (Å²) in [5.41, 5.74) is 1.00. The minimum absolute atomic E-state index is 0.766. The number of hydrogen-bond donors (Lipinski definition) is 1. The van der Waals surface area contributed by atoms with Crippen LogP contribution in [0.5, 0.6) is 0 Å². The standard InChI is InChI=1S/C15H28N4O/c1-5-9-19(10-6-2)15-17-13(3)12-14(18-15)16-8-7-11-20-4/h12H,5-11H2,1-4H3,(H,16,17,18). The number of nitrogens with zero attached hydrogens (tertiary/aromatic N) is 3. The first-order chi connectivity index (χ1) is 9.71. The molecule has 0 amide bonds. The highest BCUT2D eigenvalue weighted by Gasteiger charge is 2.09. The smallest absolute Gasteiger partial charge is 0.227 e. The van der Waals surface area contributed by atoms with E-state index in [1.54, 1.807) is 7.11 Å². The van der Waals surface area contributed by atoms with Gasteiger partial charge in [0.1, 0.15) is 5.82 Å². The molecular weight excluding hydrogens is 252 g/mol. The van der Waals surface area contributed by atoms with Crippen LogP contribution in [0.3, 0.4) is 0 Å². The summed E-state index contributed by atoms with van der Waals surface area (Å²) < 4.78 is 5.05. The quantitative estimate of drug-likeness (QED) is 0.668. The Balaban J connectivity index is 2.72. The Morgan fingerprint density at radius 3 is 2.50 bits per heavy atom. The largest absolute Gasteiger partial charge is 0.385 e. The Kier molecular flexibility index (Phi) is 7.95. The fourth-order valence-corrected chi connectivity index (χ4v) is 2.07. The summed E-state index contributed by atoms with van der Waals surface area (Å²) in [7, 11) is 1.72. The monoisotopic (exact) mass is 280 g/mol. The van der Waals surface area contributed by atoms with Crippen molar-refractivity contribution in [3.05, 3.63) is 11.8 Å². The Morgan fingerprint density at radius 1 is 1.20 bits per heavy atom. The molecule has 0 bridgehead atoms. The molecule has 0 saturated carbocycles. The molecule has 114 valence electrons. The summed E-state index contributed by atoms with van der Waals surface area (Å²) in [6.45, 7) is 10.0. The van der Waals surface area contributed by atoms with Gasteiger partial charge in [-0.2, -0.15) is 4.98 Å². The molecule has 20 heavy (non-hydrogen) atoms. The summed E-state index contributed by atoms with van der Waals surface area (Å²) in [6, 6.07) is 1.99. The number of methoxy groups -OCH3 is 1. The van der Waals surface area contributed by atoms with Crippen molar-refractivity contribution in [2.24, 2.45) is 0 Å². The predicted molar refractivity (Wildman–Crippen MR) is 84.5 cm³/mol. The van der Waals surface area contributed by atoms with E-state index in [1.807, 2.05) is 13.0 Å². The molecule has 1 aromatic heterocycles. The Morgan fingerprint density at radius 2 is 1.90 bits per heavy atom. The van der Waals surface area contributed by atoms with Crippen LogP contribution in [0, 0.1) is 6.92 Å². The van der Waals surface area contributed by atoms with E-state index in [2.05, 4.69) is 34.0 Å².